The smallest absolute Gasteiger partial charge is 0.0955 e. The molecule has 2 heteroatoms. The summed E-state index contributed by atoms with van der Waals surface area (Å²) >= 11 is 0. The quantitative estimate of drug-likeness (QED) is 0.641. The number of aromatic nitrogens is 2. The van der Waals surface area contributed by atoms with E-state index in [1.807, 2.05) is 17.9 Å². The molecule has 0 saturated heterocycles. The summed E-state index contributed by atoms with van der Waals surface area (Å²) in [7, 11) is 2.00. The fraction of sp³-hybridized carbons (Fsp3) is 0.462. The lowest BCUT2D eigenvalue weighted by atomic mass is 10.2. The molecule has 0 aliphatic rings. The second kappa shape index (κ2) is 4.96. The standard InChI is InChI=1S/C9H10N2.C4H10/c1-7-3-4-9-8(5-7)10-6-11(9)2;1-4(2)3/h3-6H,1-2H3;4H,1-3H3. The zero-order valence-corrected chi connectivity index (χ0v) is 10.3. The first-order valence-electron chi connectivity index (χ1n) is 5.38. The lowest BCUT2D eigenvalue weighted by Crippen LogP contribution is -1.82. The third kappa shape index (κ3) is 3.39. The van der Waals surface area contributed by atoms with Crippen molar-refractivity contribution in [2.24, 2.45) is 13.0 Å². The van der Waals surface area contributed by atoms with Crippen LogP contribution in [0.4, 0.5) is 0 Å². The van der Waals surface area contributed by atoms with Gasteiger partial charge in [-0.3, -0.25) is 0 Å². The summed E-state index contributed by atoms with van der Waals surface area (Å²) < 4.78 is 2.02. The van der Waals surface area contributed by atoms with Crippen molar-refractivity contribution in [3.63, 3.8) is 0 Å². The number of imidazole rings is 1. The molecule has 0 bridgehead atoms. The summed E-state index contributed by atoms with van der Waals surface area (Å²) in [5, 5.41) is 0. The highest BCUT2D eigenvalue weighted by atomic mass is 15.0. The van der Waals surface area contributed by atoms with Crippen LogP contribution in [0.3, 0.4) is 0 Å². The number of nitrogens with zero attached hydrogens (tertiary/aromatic N) is 2. The van der Waals surface area contributed by atoms with Gasteiger partial charge in [0.05, 0.1) is 17.4 Å². The second-order valence-electron chi connectivity index (χ2n) is 4.58. The van der Waals surface area contributed by atoms with E-state index in [2.05, 4.69) is 50.9 Å². The molecule has 0 fully saturated rings. The van der Waals surface area contributed by atoms with Crippen molar-refractivity contribution >= 4 is 11.0 Å². The van der Waals surface area contributed by atoms with Crippen molar-refractivity contribution in [2.45, 2.75) is 27.7 Å². The van der Waals surface area contributed by atoms with Crippen LogP contribution in [0.1, 0.15) is 26.3 Å². The van der Waals surface area contributed by atoms with Crippen molar-refractivity contribution in [3.05, 3.63) is 30.1 Å². The Morgan fingerprint density at radius 2 is 1.80 bits per heavy atom. The van der Waals surface area contributed by atoms with E-state index in [9.17, 15) is 0 Å². The van der Waals surface area contributed by atoms with E-state index in [4.69, 9.17) is 0 Å². The molecule has 0 aliphatic heterocycles. The molecule has 82 valence electrons. The minimum Gasteiger partial charge on any atom is -0.334 e. The number of benzene rings is 1. The third-order valence-corrected chi connectivity index (χ3v) is 1.88. The van der Waals surface area contributed by atoms with Gasteiger partial charge in [0.15, 0.2) is 0 Å². The molecule has 0 amide bonds. The Bertz CT molecular complexity index is 424. The number of hydrogen-bond acceptors (Lipinski definition) is 1. The third-order valence-electron chi connectivity index (χ3n) is 1.88. The molecular weight excluding hydrogens is 184 g/mol. The van der Waals surface area contributed by atoms with Crippen LogP contribution in [0.25, 0.3) is 11.0 Å². The first kappa shape index (κ1) is 11.8. The molecule has 2 nitrogen and oxygen atoms in total. The first-order chi connectivity index (χ1) is 7.00. The topological polar surface area (TPSA) is 17.8 Å². The molecule has 15 heavy (non-hydrogen) atoms. The van der Waals surface area contributed by atoms with Crippen LogP contribution in [0.15, 0.2) is 24.5 Å². The van der Waals surface area contributed by atoms with Crippen molar-refractivity contribution in [2.75, 3.05) is 0 Å². The summed E-state index contributed by atoms with van der Waals surface area (Å²) in [5.74, 6) is 0.833. The van der Waals surface area contributed by atoms with Crippen LogP contribution in [0.5, 0.6) is 0 Å². The highest BCUT2D eigenvalue weighted by Crippen LogP contribution is 2.12. The zero-order chi connectivity index (χ0) is 11.4. The van der Waals surface area contributed by atoms with Crippen molar-refractivity contribution < 1.29 is 0 Å². The van der Waals surface area contributed by atoms with Gasteiger partial charge in [-0.25, -0.2) is 4.98 Å². The summed E-state index contributed by atoms with van der Waals surface area (Å²) in [6.45, 7) is 8.58. The Labute approximate surface area is 91.9 Å². The molecule has 0 saturated carbocycles. The van der Waals surface area contributed by atoms with E-state index < -0.39 is 0 Å². The van der Waals surface area contributed by atoms with Gasteiger partial charge in [0, 0.05) is 7.05 Å². The number of hydrogen-bond donors (Lipinski definition) is 0. The van der Waals surface area contributed by atoms with Gasteiger partial charge in [-0.1, -0.05) is 26.8 Å². The fourth-order valence-electron chi connectivity index (χ4n) is 1.25. The van der Waals surface area contributed by atoms with Gasteiger partial charge < -0.3 is 4.57 Å². The predicted molar refractivity (Wildman–Crippen MR) is 66.0 cm³/mol. The van der Waals surface area contributed by atoms with Gasteiger partial charge >= 0.3 is 0 Å². The van der Waals surface area contributed by atoms with Gasteiger partial charge in [-0.05, 0) is 30.5 Å². The van der Waals surface area contributed by atoms with Gasteiger partial charge in [0.1, 0.15) is 0 Å². The molecule has 0 atom stereocenters. The fourth-order valence-corrected chi connectivity index (χ4v) is 1.25. The van der Waals surface area contributed by atoms with Crippen molar-refractivity contribution in [1.29, 1.82) is 0 Å². The van der Waals surface area contributed by atoms with E-state index in [-0.39, 0.29) is 0 Å². The maximum Gasteiger partial charge on any atom is 0.0955 e. The van der Waals surface area contributed by atoms with E-state index in [0.29, 0.717) is 0 Å². The first-order valence-corrected chi connectivity index (χ1v) is 5.38. The van der Waals surface area contributed by atoms with E-state index in [1.165, 1.54) is 11.1 Å². The molecule has 2 aromatic rings. The van der Waals surface area contributed by atoms with Crippen LogP contribution < -0.4 is 0 Å². The largest absolute Gasteiger partial charge is 0.334 e. The van der Waals surface area contributed by atoms with Crippen LogP contribution >= 0.6 is 0 Å². The monoisotopic (exact) mass is 204 g/mol. The number of fused-ring (bicyclic) bond motifs is 1. The Kier molecular flexibility index (Phi) is 3.89. The van der Waals surface area contributed by atoms with Crippen molar-refractivity contribution in [1.82, 2.24) is 9.55 Å². The Hall–Kier alpha value is -1.31. The average molecular weight is 204 g/mol. The van der Waals surface area contributed by atoms with Gasteiger partial charge in [-0.15, -0.1) is 0 Å². The van der Waals surface area contributed by atoms with Crippen LogP contribution in [-0.4, -0.2) is 9.55 Å². The highest BCUT2D eigenvalue weighted by molar-refractivity contribution is 5.75. The SMILES string of the molecule is CC(C)C.Cc1ccc2c(c1)ncn2C. The highest BCUT2D eigenvalue weighted by Gasteiger charge is 1.96. The summed E-state index contributed by atoms with van der Waals surface area (Å²) in [6.07, 6.45) is 1.84. The normalized spacial score (nSPS) is 10.3. The van der Waals surface area contributed by atoms with Gasteiger partial charge in [0.2, 0.25) is 0 Å². The number of rotatable bonds is 0. The van der Waals surface area contributed by atoms with Gasteiger partial charge in [-0.2, -0.15) is 0 Å². The maximum atomic E-state index is 4.24. The molecule has 0 aliphatic carbocycles. The Morgan fingerprint density at radius 1 is 1.20 bits per heavy atom. The van der Waals surface area contributed by atoms with Crippen LogP contribution in [-0.2, 0) is 7.05 Å². The minimum atomic E-state index is 0.833. The van der Waals surface area contributed by atoms with Crippen LogP contribution in [0, 0.1) is 12.8 Å². The zero-order valence-electron chi connectivity index (χ0n) is 10.3. The van der Waals surface area contributed by atoms with Crippen molar-refractivity contribution in [3.8, 4) is 0 Å². The average Bonchev–Trinajstić information content (AvgIpc) is 2.46. The Balaban J connectivity index is 0.000000245. The maximum absolute atomic E-state index is 4.24. The molecule has 0 N–H and O–H groups in total. The minimum absolute atomic E-state index is 0.833. The van der Waals surface area contributed by atoms with E-state index in [0.717, 1.165) is 11.4 Å². The molecule has 1 heterocycles. The molecule has 0 unspecified atom stereocenters. The van der Waals surface area contributed by atoms with E-state index in [1.54, 1.807) is 0 Å². The Morgan fingerprint density at radius 3 is 2.40 bits per heavy atom. The molecular formula is C13H20N2. The molecule has 0 spiro atoms. The molecule has 2 rings (SSSR count). The summed E-state index contributed by atoms with van der Waals surface area (Å²) in [5.41, 5.74) is 3.53. The van der Waals surface area contributed by atoms with Gasteiger partial charge in [0.25, 0.3) is 0 Å². The van der Waals surface area contributed by atoms with Crippen LogP contribution in [0.2, 0.25) is 0 Å². The summed E-state index contributed by atoms with van der Waals surface area (Å²) in [6, 6.07) is 6.29. The molecule has 1 aromatic heterocycles. The number of aryl methyl sites for hydroxylation is 2. The molecule has 1 aromatic carbocycles. The van der Waals surface area contributed by atoms with E-state index >= 15 is 0 Å². The lowest BCUT2D eigenvalue weighted by Gasteiger charge is -1.93. The molecule has 0 radical (unpaired) electrons. The predicted octanol–water partition coefficient (Wildman–Crippen LogP) is 3.54. The summed E-state index contributed by atoms with van der Waals surface area (Å²) in [4.78, 5) is 4.24. The lowest BCUT2D eigenvalue weighted by molar-refractivity contribution is 0.737. The second-order valence-corrected chi connectivity index (χ2v) is 4.58.